The van der Waals surface area contributed by atoms with E-state index in [0.29, 0.717) is 55.7 Å². The first-order chi connectivity index (χ1) is 14.7. The van der Waals surface area contributed by atoms with Crippen LogP contribution in [-0.4, -0.2) is 49.6 Å². The van der Waals surface area contributed by atoms with Crippen molar-refractivity contribution < 1.29 is 42.0 Å². The number of aliphatic hydroxyl groups is 1. The average Bonchev–Trinajstić information content (AvgIpc) is 3.19. The molecule has 0 saturated carbocycles. The molecule has 1 aliphatic carbocycles. The largest absolute Gasteiger partial charge is 0.493 e. The highest BCUT2D eigenvalue weighted by Crippen LogP contribution is 2.56. The van der Waals surface area contributed by atoms with E-state index in [1.807, 2.05) is 0 Å². The monoisotopic (exact) mass is 437 g/mol. The number of methoxy groups -OCH3 is 2. The van der Waals surface area contributed by atoms with Crippen LogP contribution in [0.3, 0.4) is 0 Å². The molecule has 5 rings (SSSR count). The van der Waals surface area contributed by atoms with E-state index < -0.39 is 30.8 Å². The fourth-order valence-electron chi connectivity index (χ4n) is 4.69. The molecule has 31 heavy (non-hydrogen) atoms. The van der Waals surface area contributed by atoms with Gasteiger partial charge in [-0.15, -0.1) is 0 Å². The zero-order chi connectivity index (χ0) is 22.1. The number of hydrogen-bond acceptors (Lipinski definition) is 6. The van der Waals surface area contributed by atoms with Crippen LogP contribution in [0.15, 0.2) is 18.2 Å². The van der Waals surface area contributed by atoms with Gasteiger partial charge >= 0.3 is 12.1 Å². The minimum Gasteiger partial charge on any atom is -0.493 e. The van der Waals surface area contributed by atoms with Crippen LogP contribution in [-0.2, 0) is 11.2 Å². The maximum atomic E-state index is 13.4. The van der Waals surface area contributed by atoms with E-state index in [-0.39, 0.29) is 13.2 Å². The maximum Gasteiger partial charge on any atom is 0.471 e. The van der Waals surface area contributed by atoms with E-state index in [4.69, 9.17) is 18.9 Å². The molecular weight excluding hydrogens is 419 g/mol. The first-order valence-corrected chi connectivity index (χ1v) is 9.52. The van der Waals surface area contributed by atoms with Gasteiger partial charge in [-0.1, -0.05) is 0 Å². The maximum absolute atomic E-state index is 13.4. The second-order valence-corrected chi connectivity index (χ2v) is 7.54. The number of benzene rings is 2. The number of hydrogen-bond donors (Lipinski definition) is 1. The number of carbonyl (C=O) groups excluding carboxylic acids is 1. The Hall–Kier alpha value is -3.14. The summed E-state index contributed by atoms with van der Waals surface area (Å²) in [4.78, 5) is 12.9. The van der Waals surface area contributed by atoms with E-state index in [2.05, 4.69) is 0 Å². The van der Waals surface area contributed by atoms with Crippen molar-refractivity contribution in [2.75, 3.05) is 27.6 Å². The van der Waals surface area contributed by atoms with Crippen LogP contribution >= 0.6 is 0 Å². The molecule has 0 fully saturated rings. The molecule has 3 aliphatic rings. The Kier molecular flexibility index (Phi) is 4.27. The number of rotatable bonds is 2. The molecule has 0 radical (unpaired) electrons. The first-order valence-electron chi connectivity index (χ1n) is 9.52. The predicted octanol–water partition coefficient (Wildman–Crippen LogP) is 3.13. The Bertz CT molecular complexity index is 1100. The van der Waals surface area contributed by atoms with Crippen molar-refractivity contribution in [3.63, 3.8) is 0 Å². The predicted molar refractivity (Wildman–Crippen MR) is 100 cm³/mol. The molecule has 1 amide bonds. The highest BCUT2D eigenvalue weighted by Gasteiger charge is 2.50. The number of fused-ring (bicyclic) bond motifs is 3. The van der Waals surface area contributed by atoms with Gasteiger partial charge in [-0.05, 0) is 46.9 Å². The number of halogens is 3. The van der Waals surface area contributed by atoms with Gasteiger partial charge in [0.15, 0.2) is 23.0 Å². The molecule has 0 aromatic heterocycles. The Morgan fingerprint density at radius 1 is 1.16 bits per heavy atom. The summed E-state index contributed by atoms with van der Waals surface area (Å²) in [5.74, 6) is -0.383. The summed E-state index contributed by atoms with van der Waals surface area (Å²) in [6, 6.07) is 4.07. The third-order valence-corrected chi connectivity index (χ3v) is 5.96. The number of alkyl halides is 3. The Morgan fingerprint density at radius 3 is 2.52 bits per heavy atom. The second kappa shape index (κ2) is 6.68. The lowest BCUT2D eigenvalue weighted by Crippen LogP contribution is -2.49. The molecule has 2 atom stereocenters. The first kappa shape index (κ1) is 19.8. The van der Waals surface area contributed by atoms with Crippen molar-refractivity contribution in [3.8, 4) is 34.1 Å². The lowest BCUT2D eigenvalue weighted by molar-refractivity contribution is -0.190. The van der Waals surface area contributed by atoms with Crippen LogP contribution in [0, 0.1) is 0 Å². The van der Waals surface area contributed by atoms with Crippen molar-refractivity contribution in [2.24, 2.45) is 0 Å². The van der Waals surface area contributed by atoms with E-state index in [1.54, 1.807) is 18.2 Å². The molecule has 7 nitrogen and oxygen atoms in total. The van der Waals surface area contributed by atoms with Crippen molar-refractivity contribution in [1.82, 2.24) is 4.90 Å². The highest BCUT2D eigenvalue weighted by molar-refractivity contribution is 5.88. The van der Waals surface area contributed by atoms with Crippen molar-refractivity contribution in [2.45, 2.75) is 24.7 Å². The second-order valence-electron chi connectivity index (χ2n) is 7.54. The summed E-state index contributed by atoms with van der Waals surface area (Å²) in [6.45, 7) is -0.447. The number of aliphatic hydroxyl groups excluding tert-OH is 1. The molecule has 2 heterocycles. The third-order valence-electron chi connectivity index (χ3n) is 5.96. The van der Waals surface area contributed by atoms with E-state index in [9.17, 15) is 23.1 Å². The van der Waals surface area contributed by atoms with E-state index in [0.717, 1.165) is 0 Å². The summed E-state index contributed by atoms with van der Waals surface area (Å²) < 4.78 is 62.0. The fraction of sp³-hybridized carbons (Fsp3) is 0.381. The number of amides is 1. The van der Waals surface area contributed by atoms with Crippen LogP contribution in [0.4, 0.5) is 13.2 Å². The number of β-amino-alcohol motifs (C(OH)–C–C–N with tert-alkyl or cyclic N) is 1. The Balaban J connectivity index is 1.80. The average molecular weight is 437 g/mol. The molecule has 0 bridgehead atoms. The highest BCUT2D eigenvalue weighted by atomic mass is 19.4. The summed E-state index contributed by atoms with van der Waals surface area (Å²) in [5, 5.41) is 10.7. The number of ether oxygens (including phenoxy) is 4. The quantitative estimate of drug-likeness (QED) is 0.778. The Labute approximate surface area is 174 Å². The van der Waals surface area contributed by atoms with Gasteiger partial charge in [0.05, 0.1) is 32.9 Å². The molecule has 2 aliphatic heterocycles. The van der Waals surface area contributed by atoms with Crippen molar-refractivity contribution >= 4 is 5.91 Å². The van der Waals surface area contributed by atoms with E-state index >= 15 is 0 Å². The fourth-order valence-corrected chi connectivity index (χ4v) is 4.69. The van der Waals surface area contributed by atoms with Gasteiger partial charge in [-0.25, -0.2) is 0 Å². The van der Waals surface area contributed by atoms with Gasteiger partial charge in [0.25, 0.3) is 0 Å². The molecular formula is C21H18F3NO6. The van der Waals surface area contributed by atoms with Crippen LogP contribution in [0.1, 0.15) is 28.8 Å². The summed E-state index contributed by atoms with van der Waals surface area (Å²) in [7, 11) is 2.86. The topological polar surface area (TPSA) is 77.5 Å². The lowest BCUT2D eigenvalue weighted by Gasteiger charge is -2.44. The number of nitrogens with zero attached hydrogens (tertiary/aromatic N) is 1. The normalized spacial score (nSPS) is 20.8. The van der Waals surface area contributed by atoms with Crippen LogP contribution in [0.2, 0.25) is 0 Å². The van der Waals surface area contributed by atoms with Crippen LogP contribution in [0.5, 0.6) is 23.0 Å². The van der Waals surface area contributed by atoms with Crippen LogP contribution in [0.25, 0.3) is 11.1 Å². The smallest absolute Gasteiger partial charge is 0.471 e. The molecule has 2 aromatic rings. The molecule has 164 valence electrons. The van der Waals surface area contributed by atoms with Gasteiger partial charge in [0.2, 0.25) is 6.79 Å². The van der Waals surface area contributed by atoms with Gasteiger partial charge in [-0.2, -0.15) is 13.2 Å². The van der Waals surface area contributed by atoms with Crippen molar-refractivity contribution in [1.29, 1.82) is 0 Å². The van der Waals surface area contributed by atoms with Gasteiger partial charge in [0, 0.05) is 5.56 Å². The SMILES string of the molecule is COc1cc2c3c(c1OC)-c1cc4c(cc1C[C@@H]3N(C(=O)C(F)(F)F)C[C@H]2O)OCO4. The Morgan fingerprint density at radius 2 is 1.87 bits per heavy atom. The van der Waals surface area contributed by atoms with E-state index in [1.165, 1.54) is 14.2 Å². The molecule has 1 N–H and O–H groups in total. The number of carbonyl (C=O) groups is 1. The molecule has 0 saturated heterocycles. The van der Waals surface area contributed by atoms with Gasteiger partial charge < -0.3 is 29.0 Å². The third kappa shape index (κ3) is 2.81. The zero-order valence-electron chi connectivity index (χ0n) is 16.6. The summed E-state index contributed by atoms with van der Waals surface area (Å²) in [6.07, 6.45) is -6.26. The molecule has 0 spiro atoms. The minimum absolute atomic E-state index is 0.0341. The van der Waals surface area contributed by atoms with Crippen LogP contribution < -0.4 is 18.9 Å². The lowest BCUT2D eigenvalue weighted by atomic mass is 9.75. The van der Waals surface area contributed by atoms with Gasteiger partial charge in [0.1, 0.15) is 0 Å². The summed E-state index contributed by atoms with van der Waals surface area (Å²) in [5.41, 5.74) is 2.64. The molecule has 2 aromatic carbocycles. The molecule has 0 unspecified atom stereocenters. The molecule has 10 heteroatoms. The summed E-state index contributed by atoms with van der Waals surface area (Å²) >= 11 is 0. The standard InChI is InChI=1S/C21H18F3NO6/c1-28-16-6-11-13(26)7-25(20(27)21(22,23)24)12-3-9-4-14-15(31-8-30-14)5-10(9)18(17(11)12)19(16)29-2/h4-6,12-13,26H,3,7-8H2,1-2H3/t12-,13+/m0/s1. The zero-order valence-corrected chi connectivity index (χ0v) is 16.6. The van der Waals surface area contributed by atoms with Crippen molar-refractivity contribution in [3.05, 3.63) is 34.9 Å². The van der Waals surface area contributed by atoms with Gasteiger partial charge in [-0.3, -0.25) is 4.79 Å². The minimum atomic E-state index is -5.07.